The summed E-state index contributed by atoms with van der Waals surface area (Å²) in [7, 11) is 0. The number of aromatic nitrogens is 2. The fourth-order valence-corrected chi connectivity index (χ4v) is 2.04. The monoisotopic (exact) mass is 229 g/mol. The highest BCUT2D eigenvalue weighted by Crippen LogP contribution is 2.39. The number of nitrogens with zero attached hydrogens (tertiary/aromatic N) is 1. The molecule has 17 heavy (non-hydrogen) atoms. The van der Waals surface area contributed by atoms with Gasteiger partial charge in [-0.05, 0) is 24.6 Å². The zero-order valence-electron chi connectivity index (χ0n) is 9.19. The molecular weight excluding hydrogens is 218 g/mol. The van der Waals surface area contributed by atoms with E-state index in [1.165, 1.54) is 6.20 Å². The molecule has 0 saturated carbocycles. The summed E-state index contributed by atoms with van der Waals surface area (Å²) in [5.74, 6) is 0.393. The molecule has 2 heterocycles. The van der Waals surface area contributed by atoms with Gasteiger partial charge in [-0.1, -0.05) is 5.16 Å². The molecule has 4 N–H and O–H groups in total. The molecule has 0 spiro atoms. The number of anilines is 1. The van der Waals surface area contributed by atoms with Gasteiger partial charge in [0.1, 0.15) is 5.75 Å². The molecule has 86 valence electrons. The first kappa shape index (κ1) is 9.77. The highest BCUT2D eigenvalue weighted by Gasteiger charge is 2.15. The number of phenols is 1. The fourth-order valence-electron chi connectivity index (χ4n) is 2.04. The average molecular weight is 229 g/mol. The first-order valence-electron chi connectivity index (χ1n) is 5.18. The molecule has 2 aromatic heterocycles. The van der Waals surface area contributed by atoms with Crippen LogP contribution in [0.15, 0.2) is 29.0 Å². The first-order valence-corrected chi connectivity index (χ1v) is 5.18. The van der Waals surface area contributed by atoms with Gasteiger partial charge in [-0.25, -0.2) is 0 Å². The zero-order valence-corrected chi connectivity index (χ0v) is 9.19. The number of nitrogen functional groups attached to an aromatic ring is 1. The predicted molar refractivity (Wildman–Crippen MR) is 64.6 cm³/mol. The van der Waals surface area contributed by atoms with E-state index in [-0.39, 0.29) is 11.6 Å². The Balaban J connectivity index is 2.35. The molecule has 0 aliphatic carbocycles. The summed E-state index contributed by atoms with van der Waals surface area (Å²) in [5.41, 5.74) is 8.75. The Morgan fingerprint density at radius 3 is 2.88 bits per heavy atom. The standard InChI is InChI=1S/C12H11N3O2/c1-6-4-14-9-3-2-7(11(16)10(6)9)8-5-15-17-12(8)13/h2-5,14,16H,13H2,1H3. The number of nitrogens with two attached hydrogens (primary N) is 1. The van der Waals surface area contributed by atoms with Crippen LogP contribution in [-0.2, 0) is 0 Å². The largest absolute Gasteiger partial charge is 0.507 e. The van der Waals surface area contributed by atoms with Crippen LogP contribution in [0.2, 0.25) is 0 Å². The molecule has 0 saturated heterocycles. The number of phenolic OH excluding ortho intramolecular Hbond substituents is 1. The Morgan fingerprint density at radius 1 is 1.35 bits per heavy atom. The molecule has 0 aliphatic rings. The number of hydrogen-bond donors (Lipinski definition) is 3. The van der Waals surface area contributed by atoms with Gasteiger partial charge in [-0.15, -0.1) is 0 Å². The summed E-state index contributed by atoms with van der Waals surface area (Å²) in [5, 5.41) is 14.7. The zero-order chi connectivity index (χ0) is 12.0. The van der Waals surface area contributed by atoms with E-state index in [1.54, 1.807) is 6.07 Å². The van der Waals surface area contributed by atoms with Crippen molar-refractivity contribution in [3.05, 3.63) is 30.1 Å². The molecule has 5 nitrogen and oxygen atoms in total. The van der Waals surface area contributed by atoms with Crippen LogP contribution in [-0.4, -0.2) is 15.2 Å². The molecular formula is C12H11N3O2. The molecule has 3 rings (SSSR count). The SMILES string of the molecule is Cc1c[nH]c2ccc(-c3cnoc3N)c(O)c12. The summed E-state index contributed by atoms with van der Waals surface area (Å²) < 4.78 is 4.81. The van der Waals surface area contributed by atoms with Crippen LogP contribution in [0.1, 0.15) is 5.56 Å². The summed E-state index contributed by atoms with van der Waals surface area (Å²) in [4.78, 5) is 3.09. The minimum absolute atomic E-state index is 0.191. The smallest absolute Gasteiger partial charge is 0.230 e. The number of fused-ring (bicyclic) bond motifs is 1. The van der Waals surface area contributed by atoms with Crippen molar-refractivity contribution in [3.8, 4) is 16.9 Å². The lowest BCUT2D eigenvalue weighted by molar-refractivity contribution is 0.436. The van der Waals surface area contributed by atoms with Crippen molar-refractivity contribution in [2.75, 3.05) is 5.73 Å². The van der Waals surface area contributed by atoms with Crippen molar-refractivity contribution in [2.24, 2.45) is 0 Å². The van der Waals surface area contributed by atoms with Crippen molar-refractivity contribution in [1.82, 2.24) is 10.1 Å². The first-order chi connectivity index (χ1) is 8.18. The third-order valence-electron chi connectivity index (χ3n) is 2.90. The van der Waals surface area contributed by atoms with E-state index in [0.29, 0.717) is 11.1 Å². The number of benzene rings is 1. The van der Waals surface area contributed by atoms with Gasteiger partial charge in [0.05, 0.1) is 11.8 Å². The van der Waals surface area contributed by atoms with Crippen LogP contribution in [0.3, 0.4) is 0 Å². The molecule has 0 radical (unpaired) electrons. The van der Waals surface area contributed by atoms with E-state index in [0.717, 1.165) is 16.5 Å². The second-order valence-electron chi connectivity index (χ2n) is 3.96. The minimum atomic E-state index is 0.191. The Labute approximate surface area is 96.8 Å². The number of aromatic hydroxyl groups is 1. The van der Waals surface area contributed by atoms with E-state index in [1.807, 2.05) is 19.2 Å². The summed E-state index contributed by atoms with van der Waals surface area (Å²) >= 11 is 0. The molecule has 0 unspecified atom stereocenters. The van der Waals surface area contributed by atoms with Gasteiger partial charge in [-0.2, -0.15) is 0 Å². The van der Waals surface area contributed by atoms with Crippen molar-refractivity contribution in [2.45, 2.75) is 6.92 Å². The lowest BCUT2D eigenvalue weighted by Crippen LogP contribution is -1.86. The van der Waals surface area contributed by atoms with E-state index < -0.39 is 0 Å². The molecule has 3 aromatic rings. The Hall–Kier alpha value is -2.43. The van der Waals surface area contributed by atoms with Crippen LogP contribution in [0.4, 0.5) is 5.88 Å². The minimum Gasteiger partial charge on any atom is -0.507 e. The topological polar surface area (TPSA) is 88.1 Å². The Bertz CT molecular complexity index is 697. The Kier molecular flexibility index (Phi) is 1.89. The van der Waals surface area contributed by atoms with Gasteiger partial charge < -0.3 is 20.3 Å². The lowest BCUT2D eigenvalue weighted by Gasteiger charge is -2.04. The number of aromatic amines is 1. The van der Waals surface area contributed by atoms with Gasteiger partial charge in [0.15, 0.2) is 0 Å². The molecule has 0 amide bonds. The van der Waals surface area contributed by atoms with Gasteiger partial charge in [0.2, 0.25) is 5.88 Å². The van der Waals surface area contributed by atoms with E-state index >= 15 is 0 Å². The molecule has 0 bridgehead atoms. The molecule has 0 atom stereocenters. The van der Waals surface area contributed by atoms with Crippen LogP contribution in [0.5, 0.6) is 5.75 Å². The van der Waals surface area contributed by atoms with Crippen LogP contribution < -0.4 is 5.73 Å². The van der Waals surface area contributed by atoms with Crippen LogP contribution >= 0.6 is 0 Å². The van der Waals surface area contributed by atoms with Gasteiger partial charge in [0, 0.05) is 22.7 Å². The summed E-state index contributed by atoms with van der Waals surface area (Å²) in [6.07, 6.45) is 3.35. The molecule has 0 fully saturated rings. The molecule has 1 aromatic carbocycles. The third-order valence-corrected chi connectivity index (χ3v) is 2.90. The highest BCUT2D eigenvalue weighted by atomic mass is 16.5. The van der Waals surface area contributed by atoms with E-state index in [2.05, 4.69) is 10.1 Å². The summed E-state index contributed by atoms with van der Waals surface area (Å²) in [6, 6.07) is 3.68. The van der Waals surface area contributed by atoms with Crippen molar-refractivity contribution < 1.29 is 9.63 Å². The highest BCUT2D eigenvalue weighted by molar-refractivity contribution is 5.96. The van der Waals surface area contributed by atoms with Crippen LogP contribution in [0.25, 0.3) is 22.0 Å². The van der Waals surface area contributed by atoms with E-state index in [4.69, 9.17) is 10.3 Å². The number of rotatable bonds is 1. The third kappa shape index (κ3) is 1.29. The average Bonchev–Trinajstić information content (AvgIpc) is 2.87. The van der Waals surface area contributed by atoms with Crippen molar-refractivity contribution in [3.63, 3.8) is 0 Å². The van der Waals surface area contributed by atoms with Gasteiger partial charge in [-0.3, -0.25) is 0 Å². The van der Waals surface area contributed by atoms with Crippen LogP contribution in [0, 0.1) is 6.92 Å². The predicted octanol–water partition coefficient (Wildman–Crippen LogP) is 2.42. The normalized spacial score (nSPS) is 11.1. The quantitative estimate of drug-likeness (QED) is 0.598. The second-order valence-corrected chi connectivity index (χ2v) is 3.96. The summed E-state index contributed by atoms with van der Waals surface area (Å²) in [6.45, 7) is 1.93. The van der Waals surface area contributed by atoms with Crippen molar-refractivity contribution in [1.29, 1.82) is 0 Å². The number of nitrogens with one attached hydrogen (secondary N) is 1. The molecule has 0 aliphatic heterocycles. The number of hydrogen-bond acceptors (Lipinski definition) is 4. The van der Waals surface area contributed by atoms with E-state index in [9.17, 15) is 5.11 Å². The van der Waals surface area contributed by atoms with Gasteiger partial charge in [0.25, 0.3) is 0 Å². The Morgan fingerprint density at radius 2 is 2.18 bits per heavy atom. The maximum Gasteiger partial charge on any atom is 0.230 e. The lowest BCUT2D eigenvalue weighted by atomic mass is 10.0. The van der Waals surface area contributed by atoms with Crippen molar-refractivity contribution >= 4 is 16.8 Å². The number of H-pyrrole nitrogens is 1. The molecule has 5 heteroatoms. The fraction of sp³-hybridized carbons (Fsp3) is 0.0833. The maximum absolute atomic E-state index is 10.3. The second kappa shape index (κ2) is 3.28. The number of aryl methyl sites for hydroxylation is 1. The maximum atomic E-state index is 10.3. The van der Waals surface area contributed by atoms with Gasteiger partial charge >= 0.3 is 0 Å².